The molecule has 0 aromatic heterocycles. The van der Waals surface area contributed by atoms with Crippen molar-refractivity contribution in [2.24, 2.45) is 23.7 Å². The first-order valence-corrected chi connectivity index (χ1v) is 11.9. The smallest absolute Gasteiger partial charge is 0.378 e. The van der Waals surface area contributed by atoms with E-state index >= 15 is 0 Å². The van der Waals surface area contributed by atoms with Gasteiger partial charge in [0, 0.05) is 24.9 Å². The minimum absolute atomic E-state index is 0.107. The molecule has 0 bridgehead atoms. The van der Waals surface area contributed by atoms with Gasteiger partial charge in [0.1, 0.15) is 0 Å². The summed E-state index contributed by atoms with van der Waals surface area (Å²) in [5, 5.41) is 0. The van der Waals surface area contributed by atoms with Crippen LogP contribution in [-0.4, -0.2) is 38.4 Å². The summed E-state index contributed by atoms with van der Waals surface area (Å²) in [5.41, 5.74) is 0. The number of rotatable bonds is 8. The summed E-state index contributed by atoms with van der Waals surface area (Å²) < 4.78 is 54.6. The maximum absolute atomic E-state index is 12.3. The quantitative estimate of drug-likeness (QED) is 0.449. The zero-order chi connectivity index (χ0) is 20.7. The van der Waals surface area contributed by atoms with Crippen LogP contribution in [0.4, 0.5) is 13.2 Å². The van der Waals surface area contributed by atoms with Gasteiger partial charge in [0.25, 0.3) is 0 Å². The molecule has 29 heavy (non-hydrogen) atoms. The van der Waals surface area contributed by atoms with Crippen molar-refractivity contribution in [2.45, 2.75) is 103 Å². The molecule has 3 aliphatic rings. The second-order valence-corrected chi connectivity index (χ2v) is 9.49. The predicted octanol–water partition coefficient (Wildman–Crippen LogP) is 6.50. The van der Waals surface area contributed by atoms with E-state index < -0.39 is 12.6 Å². The predicted molar refractivity (Wildman–Crippen MR) is 107 cm³/mol. The largest absolute Gasteiger partial charge is 0.389 e. The lowest BCUT2D eigenvalue weighted by molar-refractivity contribution is -0.231. The Morgan fingerprint density at radius 2 is 1.38 bits per heavy atom. The fraction of sp³-hybridized carbons (Fsp3) is 1.00. The molecule has 1 aliphatic heterocycles. The van der Waals surface area contributed by atoms with Crippen molar-refractivity contribution in [2.75, 3.05) is 19.8 Å². The van der Waals surface area contributed by atoms with Crippen LogP contribution in [0.25, 0.3) is 0 Å². The number of hydrogen-bond donors (Lipinski definition) is 0. The zero-order valence-electron chi connectivity index (χ0n) is 17.9. The van der Waals surface area contributed by atoms with E-state index in [4.69, 9.17) is 14.2 Å². The van der Waals surface area contributed by atoms with E-state index in [-0.39, 0.29) is 18.6 Å². The van der Waals surface area contributed by atoms with Crippen molar-refractivity contribution >= 4 is 0 Å². The van der Waals surface area contributed by atoms with E-state index in [9.17, 15) is 13.2 Å². The van der Waals surface area contributed by atoms with Crippen LogP contribution in [-0.2, 0) is 14.2 Å². The van der Waals surface area contributed by atoms with Crippen molar-refractivity contribution in [3.63, 3.8) is 0 Å². The Morgan fingerprint density at radius 3 is 1.93 bits per heavy atom. The highest BCUT2D eigenvalue weighted by atomic mass is 19.4. The molecule has 170 valence electrons. The molecule has 0 spiro atoms. The number of hydrogen-bond acceptors (Lipinski definition) is 3. The first-order valence-electron chi connectivity index (χ1n) is 11.9. The number of alkyl halides is 3. The topological polar surface area (TPSA) is 27.7 Å². The summed E-state index contributed by atoms with van der Waals surface area (Å²) >= 11 is 0. The van der Waals surface area contributed by atoms with Gasteiger partial charge in [-0.2, -0.15) is 13.2 Å². The SMILES string of the molecule is CCCO[C@H]1CC[C@H](C2CCC([C@H]3OC[C@H](CCCC(F)(F)F)CO3)CC2)CC1. The van der Waals surface area contributed by atoms with Gasteiger partial charge in [0.15, 0.2) is 6.29 Å². The molecule has 2 aliphatic carbocycles. The van der Waals surface area contributed by atoms with Crippen molar-refractivity contribution in [1.82, 2.24) is 0 Å². The number of ether oxygens (including phenoxy) is 3. The van der Waals surface area contributed by atoms with Gasteiger partial charge in [0.2, 0.25) is 0 Å². The summed E-state index contributed by atoms with van der Waals surface area (Å²) in [7, 11) is 0. The lowest BCUT2D eigenvalue weighted by Gasteiger charge is -2.41. The first kappa shape index (κ1) is 23.3. The summed E-state index contributed by atoms with van der Waals surface area (Å²) in [5.74, 6) is 2.24. The molecule has 1 saturated heterocycles. The van der Waals surface area contributed by atoms with Gasteiger partial charge in [0.05, 0.1) is 19.3 Å². The Kier molecular flexibility index (Phi) is 9.12. The molecule has 3 fully saturated rings. The van der Waals surface area contributed by atoms with Gasteiger partial charge in [-0.25, -0.2) is 0 Å². The Balaban J connectivity index is 1.29. The summed E-state index contributed by atoms with van der Waals surface area (Å²) in [6.07, 6.45) is 7.24. The summed E-state index contributed by atoms with van der Waals surface area (Å²) in [4.78, 5) is 0. The average molecular weight is 421 g/mol. The molecule has 2 saturated carbocycles. The fourth-order valence-electron chi connectivity index (χ4n) is 5.49. The molecular weight excluding hydrogens is 381 g/mol. The molecule has 0 aromatic rings. The van der Waals surface area contributed by atoms with E-state index in [0.717, 1.165) is 37.7 Å². The Morgan fingerprint density at radius 1 is 0.828 bits per heavy atom. The minimum Gasteiger partial charge on any atom is -0.378 e. The molecule has 0 amide bonds. The first-order chi connectivity index (χ1) is 13.9. The second-order valence-electron chi connectivity index (χ2n) is 9.49. The zero-order valence-corrected chi connectivity index (χ0v) is 17.9. The molecule has 0 N–H and O–H groups in total. The molecule has 3 nitrogen and oxygen atoms in total. The van der Waals surface area contributed by atoms with E-state index in [1.807, 2.05) is 0 Å². The highest BCUT2D eigenvalue weighted by Crippen LogP contribution is 2.42. The molecule has 0 unspecified atom stereocenters. The Hall–Kier alpha value is -0.330. The third-order valence-corrected chi connectivity index (χ3v) is 7.21. The third kappa shape index (κ3) is 7.70. The standard InChI is InChI=1S/C23H39F3O3/c1-2-14-27-21-11-9-19(10-12-21)18-5-7-20(8-6-18)22-28-15-17(16-29-22)4-3-13-23(24,25)26/h17-22H,2-16H2,1H3/t17-,18?,19-,20?,21-,22-. The summed E-state index contributed by atoms with van der Waals surface area (Å²) in [6, 6.07) is 0. The van der Waals surface area contributed by atoms with Crippen molar-refractivity contribution in [3.05, 3.63) is 0 Å². The maximum Gasteiger partial charge on any atom is 0.389 e. The van der Waals surface area contributed by atoms with Crippen molar-refractivity contribution < 1.29 is 27.4 Å². The van der Waals surface area contributed by atoms with E-state index in [1.165, 1.54) is 38.5 Å². The molecule has 6 heteroatoms. The van der Waals surface area contributed by atoms with E-state index in [2.05, 4.69) is 6.92 Å². The van der Waals surface area contributed by atoms with Gasteiger partial charge in [-0.05, 0) is 82.5 Å². The Labute approximate surface area is 174 Å². The molecule has 1 heterocycles. The van der Waals surface area contributed by atoms with Gasteiger partial charge < -0.3 is 14.2 Å². The normalized spacial score (nSPS) is 36.8. The fourth-order valence-corrected chi connectivity index (χ4v) is 5.49. The second kappa shape index (κ2) is 11.3. The molecular formula is C23H39F3O3. The minimum atomic E-state index is -4.06. The lowest BCUT2D eigenvalue weighted by Crippen LogP contribution is -2.39. The van der Waals surface area contributed by atoms with Crippen LogP contribution >= 0.6 is 0 Å². The van der Waals surface area contributed by atoms with Crippen LogP contribution < -0.4 is 0 Å². The summed E-state index contributed by atoms with van der Waals surface area (Å²) in [6.45, 7) is 4.15. The van der Waals surface area contributed by atoms with Crippen LogP contribution in [0.15, 0.2) is 0 Å². The van der Waals surface area contributed by atoms with Crippen LogP contribution in [0.5, 0.6) is 0 Å². The Bertz CT molecular complexity index is 447. The molecule has 0 atom stereocenters. The van der Waals surface area contributed by atoms with Crippen molar-refractivity contribution in [3.8, 4) is 0 Å². The van der Waals surface area contributed by atoms with Crippen LogP contribution in [0.3, 0.4) is 0 Å². The van der Waals surface area contributed by atoms with Crippen LogP contribution in [0, 0.1) is 23.7 Å². The lowest BCUT2D eigenvalue weighted by atomic mass is 9.70. The van der Waals surface area contributed by atoms with Crippen molar-refractivity contribution in [1.29, 1.82) is 0 Å². The van der Waals surface area contributed by atoms with Gasteiger partial charge in [-0.3, -0.25) is 0 Å². The van der Waals surface area contributed by atoms with E-state index in [1.54, 1.807) is 0 Å². The van der Waals surface area contributed by atoms with Crippen LogP contribution in [0.1, 0.15) is 84.0 Å². The maximum atomic E-state index is 12.3. The molecule has 3 rings (SSSR count). The van der Waals surface area contributed by atoms with Gasteiger partial charge in [-0.1, -0.05) is 6.92 Å². The van der Waals surface area contributed by atoms with E-state index in [0.29, 0.717) is 31.7 Å². The molecule has 0 radical (unpaired) electrons. The number of halogens is 3. The highest BCUT2D eigenvalue weighted by molar-refractivity contribution is 4.84. The van der Waals surface area contributed by atoms with Gasteiger partial charge >= 0.3 is 6.18 Å². The average Bonchev–Trinajstić information content (AvgIpc) is 2.72. The van der Waals surface area contributed by atoms with Crippen LogP contribution in [0.2, 0.25) is 0 Å². The third-order valence-electron chi connectivity index (χ3n) is 7.21. The highest BCUT2D eigenvalue weighted by Gasteiger charge is 2.36. The monoisotopic (exact) mass is 420 g/mol. The van der Waals surface area contributed by atoms with Gasteiger partial charge in [-0.15, -0.1) is 0 Å². The molecule has 0 aromatic carbocycles.